The predicted molar refractivity (Wildman–Crippen MR) is 83.4 cm³/mol. The minimum Gasteiger partial charge on any atom is -0.294 e. The van der Waals surface area contributed by atoms with Crippen LogP contribution in [0.3, 0.4) is 0 Å². The Hall–Kier alpha value is -2.12. The molecule has 3 rings (SSSR count). The van der Waals surface area contributed by atoms with E-state index in [1.807, 2.05) is 24.3 Å². The number of carbonyl (C=O) groups is 1. The van der Waals surface area contributed by atoms with Crippen molar-refractivity contribution in [3.63, 3.8) is 0 Å². The number of halogens is 1. The second kappa shape index (κ2) is 5.48. The highest BCUT2D eigenvalue weighted by Crippen LogP contribution is 2.20. The molecule has 0 saturated carbocycles. The van der Waals surface area contributed by atoms with Crippen LogP contribution in [-0.4, -0.2) is 5.78 Å². The lowest BCUT2D eigenvalue weighted by Crippen LogP contribution is -2.03. The Labute approximate surface area is 122 Å². The number of carbonyl (C=O) groups excluding carboxylic acids is 1. The van der Waals surface area contributed by atoms with Crippen LogP contribution in [0.4, 0.5) is 0 Å². The molecule has 0 heterocycles. The monoisotopic (exact) mass is 280 g/mol. The van der Waals surface area contributed by atoms with Crippen LogP contribution in [-0.2, 0) is 6.42 Å². The maximum atomic E-state index is 12.3. The van der Waals surface area contributed by atoms with Crippen LogP contribution in [0.5, 0.6) is 0 Å². The Morgan fingerprint density at radius 2 is 1.55 bits per heavy atom. The van der Waals surface area contributed by atoms with Crippen molar-refractivity contribution >= 4 is 28.2 Å². The van der Waals surface area contributed by atoms with E-state index in [-0.39, 0.29) is 5.78 Å². The zero-order valence-electron chi connectivity index (χ0n) is 10.8. The third-order valence-electron chi connectivity index (χ3n) is 3.40. The summed E-state index contributed by atoms with van der Waals surface area (Å²) >= 11 is 5.84. The number of hydrogen-bond donors (Lipinski definition) is 0. The summed E-state index contributed by atoms with van der Waals surface area (Å²) in [6.45, 7) is 0. The van der Waals surface area contributed by atoms with Gasteiger partial charge in [-0.3, -0.25) is 4.79 Å². The van der Waals surface area contributed by atoms with Crippen LogP contribution < -0.4 is 0 Å². The van der Waals surface area contributed by atoms with Gasteiger partial charge in [0.1, 0.15) is 0 Å². The van der Waals surface area contributed by atoms with Gasteiger partial charge in [-0.15, -0.1) is 0 Å². The second-order valence-electron chi connectivity index (χ2n) is 4.75. The van der Waals surface area contributed by atoms with Gasteiger partial charge >= 0.3 is 0 Å². The summed E-state index contributed by atoms with van der Waals surface area (Å²) in [5, 5.41) is 2.94. The molecule has 20 heavy (non-hydrogen) atoms. The summed E-state index contributed by atoms with van der Waals surface area (Å²) in [6.07, 6.45) is 0.406. The lowest BCUT2D eigenvalue weighted by molar-refractivity contribution is 0.0993. The van der Waals surface area contributed by atoms with Crippen molar-refractivity contribution in [3.8, 4) is 0 Å². The summed E-state index contributed by atoms with van der Waals surface area (Å²) < 4.78 is 0. The van der Waals surface area contributed by atoms with Crippen LogP contribution in [0.25, 0.3) is 10.8 Å². The van der Waals surface area contributed by atoms with Crippen LogP contribution in [0.2, 0.25) is 5.02 Å². The average Bonchev–Trinajstić information content (AvgIpc) is 2.48. The quantitative estimate of drug-likeness (QED) is 0.623. The number of ketones is 1. The van der Waals surface area contributed by atoms with Crippen LogP contribution in [0, 0.1) is 0 Å². The first-order valence-corrected chi connectivity index (χ1v) is 6.87. The van der Waals surface area contributed by atoms with Gasteiger partial charge in [-0.2, -0.15) is 0 Å². The molecule has 0 fully saturated rings. The Morgan fingerprint density at radius 3 is 2.35 bits per heavy atom. The minimum atomic E-state index is 0.109. The van der Waals surface area contributed by atoms with E-state index in [1.54, 1.807) is 24.3 Å². The van der Waals surface area contributed by atoms with Gasteiger partial charge in [0.05, 0.1) is 0 Å². The van der Waals surface area contributed by atoms with Crippen molar-refractivity contribution in [1.82, 2.24) is 0 Å². The van der Waals surface area contributed by atoms with Gasteiger partial charge in [-0.05, 0) is 40.6 Å². The molecule has 0 amide bonds. The molecule has 3 aromatic carbocycles. The van der Waals surface area contributed by atoms with Gasteiger partial charge in [0.25, 0.3) is 0 Å². The van der Waals surface area contributed by atoms with Gasteiger partial charge < -0.3 is 0 Å². The molecule has 0 aliphatic rings. The summed E-state index contributed by atoms with van der Waals surface area (Å²) in [7, 11) is 0. The number of Topliss-reactive ketones (excluding diaryl/α,β-unsaturated/α-hetero) is 1. The normalized spacial score (nSPS) is 10.7. The lowest BCUT2D eigenvalue weighted by atomic mass is 9.98. The summed E-state index contributed by atoms with van der Waals surface area (Å²) in [5.74, 6) is 0.109. The van der Waals surface area contributed by atoms with E-state index in [2.05, 4.69) is 18.2 Å². The minimum absolute atomic E-state index is 0.109. The molecule has 0 atom stereocenters. The van der Waals surface area contributed by atoms with Crippen LogP contribution >= 0.6 is 11.6 Å². The fourth-order valence-electron chi connectivity index (χ4n) is 2.36. The first-order valence-electron chi connectivity index (χ1n) is 6.49. The van der Waals surface area contributed by atoms with Gasteiger partial charge in [0.15, 0.2) is 5.78 Å². The topological polar surface area (TPSA) is 17.1 Å². The molecule has 0 N–H and O–H groups in total. The standard InChI is InChI=1S/C18H13ClO/c19-16-10-8-14(9-11-16)18(20)12-15-6-3-5-13-4-1-2-7-17(13)15/h1-11H,12H2. The van der Waals surface area contributed by atoms with E-state index in [4.69, 9.17) is 11.6 Å². The Kier molecular flexibility index (Phi) is 3.53. The molecule has 0 spiro atoms. The summed E-state index contributed by atoms with van der Waals surface area (Å²) in [5.41, 5.74) is 1.75. The molecule has 0 aliphatic carbocycles. The number of rotatable bonds is 3. The highest BCUT2D eigenvalue weighted by atomic mass is 35.5. The Morgan fingerprint density at radius 1 is 0.850 bits per heavy atom. The summed E-state index contributed by atoms with van der Waals surface area (Å²) in [6, 6.07) is 21.2. The molecular weight excluding hydrogens is 268 g/mol. The fourth-order valence-corrected chi connectivity index (χ4v) is 2.48. The predicted octanol–water partition coefficient (Wildman–Crippen LogP) is 4.92. The zero-order chi connectivity index (χ0) is 13.9. The zero-order valence-corrected chi connectivity index (χ0v) is 11.6. The van der Waals surface area contributed by atoms with E-state index in [0.29, 0.717) is 17.0 Å². The molecule has 1 nitrogen and oxygen atoms in total. The van der Waals surface area contributed by atoms with E-state index in [1.165, 1.54) is 0 Å². The maximum Gasteiger partial charge on any atom is 0.167 e. The highest BCUT2D eigenvalue weighted by molar-refractivity contribution is 6.30. The number of benzene rings is 3. The van der Waals surface area contributed by atoms with E-state index >= 15 is 0 Å². The molecular formula is C18H13ClO. The summed E-state index contributed by atoms with van der Waals surface area (Å²) in [4.78, 5) is 12.3. The fraction of sp³-hybridized carbons (Fsp3) is 0.0556. The average molecular weight is 281 g/mol. The molecule has 2 heteroatoms. The largest absolute Gasteiger partial charge is 0.294 e. The molecule has 98 valence electrons. The van der Waals surface area contributed by atoms with E-state index in [9.17, 15) is 4.79 Å². The van der Waals surface area contributed by atoms with Gasteiger partial charge in [-0.25, -0.2) is 0 Å². The lowest BCUT2D eigenvalue weighted by Gasteiger charge is -2.06. The maximum absolute atomic E-state index is 12.3. The van der Waals surface area contributed by atoms with Crippen LogP contribution in [0.1, 0.15) is 15.9 Å². The second-order valence-corrected chi connectivity index (χ2v) is 5.18. The van der Waals surface area contributed by atoms with Gasteiger partial charge in [0, 0.05) is 17.0 Å². The third kappa shape index (κ3) is 2.59. The SMILES string of the molecule is O=C(Cc1cccc2ccccc12)c1ccc(Cl)cc1. The molecule has 3 aromatic rings. The first-order chi connectivity index (χ1) is 9.74. The van der Waals surface area contributed by atoms with Crippen molar-refractivity contribution in [2.24, 2.45) is 0 Å². The molecule has 0 unspecified atom stereocenters. The third-order valence-corrected chi connectivity index (χ3v) is 3.65. The van der Waals surface area contributed by atoms with E-state index < -0.39 is 0 Å². The van der Waals surface area contributed by atoms with Crippen molar-refractivity contribution in [2.45, 2.75) is 6.42 Å². The molecule has 0 saturated heterocycles. The molecule has 0 aromatic heterocycles. The van der Waals surface area contributed by atoms with Crippen LogP contribution in [0.15, 0.2) is 66.7 Å². The molecule has 0 aliphatic heterocycles. The van der Waals surface area contributed by atoms with Crippen molar-refractivity contribution in [2.75, 3.05) is 0 Å². The van der Waals surface area contributed by atoms with Gasteiger partial charge in [0.2, 0.25) is 0 Å². The van der Waals surface area contributed by atoms with E-state index in [0.717, 1.165) is 16.3 Å². The van der Waals surface area contributed by atoms with Gasteiger partial charge in [-0.1, -0.05) is 54.1 Å². The highest BCUT2D eigenvalue weighted by Gasteiger charge is 2.09. The van der Waals surface area contributed by atoms with Crippen molar-refractivity contribution in [3.05, 3.63) is 82.9 Å². The Balaban J connectivity index is 1.93. The van der Waals surface area contributed by atoms with Crippen molar-refractivity contribution in [1.29, 1.82) is 0 Å². The van der Waals surface area contributed by atoms with Crippen molar-refractivity contribution < 1.29 is 4.79 Å². The smallest absolute Gasteiger partial charge is 0.167 e. The number of hydrogen-bond acceptors (Lipinski definition) is 1. The molecule has 0 radical (unpaired) electrons. The first kappa shape index (κ1) is 12.9. The Bertz CT molecular complexity index is 754. The molecule has 0 bridgehead atoms. The number of fused-ring (bicyclic) bond motifs is 1.